The number of hydrogen-bond acceptors (Lipinski definition) is 4. The first-order chi connectivity index (χ1) is 9.82. The summed E-state index contributed by atoms with van der Waals surface area (Å²) >= 11 is -2.03. The SMILES string of the molecule is Cc1c(N(C)CS(=O)O)c(=O)n(-c2cccc(O)c2)n1C. The van der Waals surface area contributed by atoms with Gasteiger partial charge in [0.25, 0.3) is 5.56 Å². The molecule has 0 saturated heterocycles. The predicted octanol–water partition coefficient (Wildman–Crippen LogP) is 0.805. The quantitative estimate of drug-likeness (QED) is 0.816. The maximum Gasteiger partial charge on any atom is 0.295 e. The Morgan fingerprint density at radius 2 is 2.05 bits per heavy atom. The monoisotopic (exact) mass is 311 g/mol. The molecule has 0 aliphatic heterocycles. The van der Waals surface area contributed by atoms with E-state index < -0.39 is 11.1 Å². The van der Waals surface area contributed by atoms with Crippen LogP contribution in [0, 0.1) is 6.92 Å². The van der Waals surface area contributed by atoms with E-state index in [1.165, 1.54) is 21.7 Å². The minimum absolute atomic E-state index is 0.0598. The molecule has 1 atom stereocenters. The van der Waals surface area contributed by atoms with Gasteiger partial charge in [0.15, 0.2) is 11.1 Å². The molecule has 21 heavy (non-hydrogen) atoms. The van der Waals surface area contributed by atoms with Gasteiger partial charge in [-0.05, 0) is 19.1 Å². The van der Waals surface area contributed by atoms with Crippen LogP contribution in [-0.4, -0.2) is 36.2 Å². The minimum atomic E-state index is -2.03. The minimum Gasteiger partial charge on any atom is -0.508 e. The number of rotatable bonds is 4. The molecule has 114 valence electrons. The molecular formula is C13H17N3O4S. The molecule has 1 aromatic heterocycles. The molecule has 7 nitrogen and oxygen atoms in total. The summed E-state index contributed by atoms with van der Waals surface area (Å²) in [4.78, 5) is 14.0. The number of phenolic OH excluding ortho intramolecular Hbond substituents is 1. The van der Waals surface area contributed by atoms with Gasteiger partial charge in [0.2, 0.25) is 0 Å². The molecule has 0 spiro atoms. The topological polar surface area (TPSA) is 87.7 Å². The van der Waals surface area contributed by atoms with Gasteiger partial charge in [-0.15, -0.1) is 0 Å². The first-order valence-corrected chi connectivity index (χ1v) is 7.47. The first-order valence-electron chi connectivity index (χ1n) is 6.19. The lowest BCUT2D eigenvalue weighted by atomic mass is 10.3. The van der Waals surface area contributed by atoms with Crippen molar-refractivity contribution in [1.82, 2.24) is 9.36 Å². The van der Waals surface area contributed by atoms with Gasteiger partial charge in [-0.2, -0.15) is 0 Å². The molecule has 1 unspecified atom stereocenters. The lowest BCUT2D eigenvalue weighted by Crippen LogP contribution is -2.28. The van der Waals surface area contributed by atoms with Crippen molar-refractivity contribution in [2.24, 2.45) is 7.05 Å². The number of aromatic nitrogens is 2. The smallest absolute Gasteiger partial charge is 0.295 e. The third-order valence-electron chi connectivity index (χ3n) is 3.28. The summed E-state index contributed by atoms with van der Waals surface area (Å²) in [5, 5.41) is 9.55. The molecule has 2 aromatic rings. The lowest BCUT2D eigenvalue weighted by molar-refractivity contribution is 0.474. The highest BCUT2D eigenvalue weighted by atomic mass is 32.2. The Morgan fingerprint density at radius 1 is 1.38 bits per heavy atom. The molecule has 8 heteroatoms. The first kappa shape index (κ1) is 15.3. The molecule has 2 N–H and O–H groups in total. The molecule has 0 aliphatic carbocycles. The Morgan fingerprint density at radius 3 is 2.62 bits per heavy atom. The van der Waals surface area contributed by atoms with Crippen LogP contribution in [0.3, 0.4) is 0 Å². The fourth-order valence-corrected chi connectivity index (χ4v) is 2.74. The number of nitrogens with zero attached hydrogens (tertiary/aromatic N) is 3. The summed E-state index contributed by atoms with van der Waals surface area (Å²) < 4.78 is 23.0. The van der Waals surface area contributed by atoms with Crippen LogP contribution >= 0.6 is 0 Å². The highest BCUT2D eigenvalue weighted by Gasteiger charge is 2.20. The molecule has 0 amide bonds. The van der Waals surface area contributed by atoms with Crippen molar-refractivity contribution in [3.8, 4) is 11.4 Å². The van der Waals surface area contributed by atoms with Crippen LogP contribution in [0.5, 0.6) is 5.75 Å². The van der Waals surface area contributed by atoms with Crippen LogP contribution in [0.15, 0.2) is 29.1 Å². The summed E-state index contributed by atoms with van der Waals surface area (Å²) in [5.74, 6) is -0.0928. The zero-order valence-corrected chi connectivity index (χ0v) is 12.8. The Hall–Kier alpha value is -2.06. The van der Waals surface area contributed by atoms with Gasteiger partial charge >= 0.3 is 0 Å². The fourth-order valence-electron chi connectivity index (χ4n) is 2.28. The molecular weight excluding hydrogens is 294 g/mol. The number of hydrogen-bond donors (Lipinski definition) is 2. The molecule has 0 fully saturated rings. The summed E-state index contributed by atoms with van der Waals surface area (Å²) in [6.07, 6.45) is 0. The van der Waals surface area contributed by atoms with Gasteiger partial charge in [-0.1, -0.05) is 6.07 Å². The van der Waals surface area contributed by atoms with E-state index in [0.29, 0.717) is 17.1 Å². The zero-order valence-electron chi connectivity index (χ0n) is 12.0. The van der Waals surface area contributed by atoms with Crippen LogP contribution in [0.2, 0.25) is 0 Å². The maximum absolute atomic E-state index is 12.6. The number of phenols is 1. The van der Waals surface area contributed by atoms with Gasteiger partial charge in [-0.25, -0.2) is 8.89 Å². The van der Waals surface area contributed by atoms with Gasteiger partial charge in [0, 0.05) is 20.2 Å². The van der Waals surface area contributed by atoms with Crippen molar-refractivity contribution in [3.05, 3.63) is 40.3 Å². The van der Waals surface area contributed by atoms with Crippen molar-refractivity contribution in [2.75, 3.05) is 17.8 Å². The third-order valence-corrected chi connectivity index (χ3v) is 3.89. The summed E-state index contributed by atoms with van der Waals surface area (Å²) in [5.41, 5.74) is 1.23. The zero-order chi connectivity index (χ0) is 15.7. The van der Waals surface area contributed by atoms with Gasteiger partial charge in [-0.3, -0.25) is 9.48 Å². The Kier molecular flexibility index (Phi) is 4.19. The van der Waals surface area contributed by atoms with Crippen LogP contribution in [0.4, 0.5) is 5.69 Å². The Labute approximate surface area is 124 Å². The average Bonchev–Trinajstić information content (AvgIpc) is 2.59. The van der Waals surface area contributed by atoms with E-state index >= 15 is 0 Å². The van der Waals surface area contributed by atoms with Crippen molar-refractivity contribution in [2.45, 2.75) is 6.92 Å². The summed E-state index contributed by atoms with van der Waals surface area (Å²) in [7, 11) is 3.30. The van der Waals surface area contributed by atoms with E-state index in [-0.39, 0.29) is 17.2 Å². The highest BCUT2D eigenvalue weighted by molar-refractivity contribution is 7.79. The Bertz CT molecular complexity index is 750. The van der Waals surface area contributed by atoms with E-state index in [4.69, 9.17) is 4.55 Å². The van der Waals surface area contributed by atoms with Crippen molar-refractivity contribution >= 4 is 16.8 Å². The van der Waals surface area contributed by atoms with Crippen molar-refractivity contribution in [3.63, 3.8) is 0 Å². The van der Waals surface area contributed by atoms with Gasteiger partial charge < -0.3 is 14.6 Å². The van der Waals surface area contributed by atoms with Gasteiger partial charge in [0.05, 0.1) is 11.4 Å². The third kappa shape index (κ3) is 2.86. The molecule has 0 aliphatic rings. The summed E-state index contributed by atoms with van der Waals surface area (Å²) in [6.45, 7) is 1.76. The van der Waals surface area contributed by atoms with Crippen LogP contribution in [-0.2, 0) is 18.1 Å². The second kappa shape index (κ2) is 5.74. The molecule has 0 radical (unpaired) electrons. The van der Waals surface area contributed by atoms with Crippen molar-refractivity contribution < 1.29 is 13.9 Å². The predicted molar refractivity (Wildman–Crippen MR) is 81.5 cm³/mol. The molecule has 1 heterocycles. The number of benzene rings is 1. The second-order valence-electron chi connectivity index (χ2n) is 4.74. The largest absolute Gasteiger partial charge is 0.508 e. The standard InChI is InChI=1S/C13H17N3O4S/c1-9-12(14(2)8-21(19)20)13(18)16(15(9)3)10-5-4-6-11(17)7-10/h4-7,17H,8H2,1-3H3,(H,19,20). The van der Waals surface area contributed by atoms with E-state index in [0.717, 1.165) is 0 Å². The second-order valence-corrected chi connectivity index (χ2v) is 5.64. The fraction of sp³-hybridized carbons (Fsp3) is 0.308. The van der Waals surface area contributed by atoms with Crippen LogP contribution in [0.1, 0.15) is 5.69 Å². The Balaban J connectivity index is 2.60. The lowest BCUT2D eigenvalue weighted by Gasteiger charge is -2.14. The van der Waals surface area contributed by atoms with Crippen LogP contribution < -0.4 is 10.5 Å². The molecule has 0 bridgehead atoms. The average molecular weight is 311 g/mol. The number of aromatic hydroxyl groups is 1. The van der Waals surface area contributed by atoms with E-state index in [2.05, 4.69) is 0 Å². The maximum atomic E-state index is 12.6. The van der Waals surface area contributed by atoms with E-state index in [1.807, 2.05) is 0 Å². The molecule has 0 saturated carbocycles. The summed E-state index contributed by atoms with van der Waals surface area (Å²) in [6, 6.07) is 6.35. The van der Waals surface area contributed by atoms with Crippen LogP contribution in [0.25, 0.3) is 5.69 Å². The highest BCUT2D eigenvalue weighted by Crippen LogP contribution is 2.19. The van der Waals surface area contributed by atoms with E-state index in [1.54, 1.807) is 37.8 Å². The van der Waals surface area contributed by atoms with Crippen molar-refractivity contribution in [1.29, 1.82) is 0 Å². The molecule has 2 rings (SSSR count). The van der Waals surface area contributed by atoms with E-state index in [9.17, 15) is 14.1 Å². The normalized spacial score (nSPS) is 12.4. The number of anilines is 1. The molecule has 1 aromatic carbocycles. The van der Waals surface area contributed by atoms with Gasteiger partial charge in [0.1, 0.15) is 17.3 Å².